The maximum Gasteiger partial charge on any atom is 0.303 e. The highest BCUT2D eigenvalue weighted by molar-refractivity contribution is 5.92. The molecule has 6 nitrogen and oxygen atoms in total. The Hall–Kier alpha value is -1.85. The van der Waals surface area contributed by atoms with Gasteiger partial charge in [-0.2, -0.15) is 0 Å². The standard InChI is InChI=1S/C11H16N2O4/c1-3-8(4-9(14)15)6-12-11(16)10-7(2)5-13-17-10/h5,8H,3-4,6H2,1-2H3,(H,12,16)(H,14,15). The van der Waals surface area contributed by atoms with E-state index in [1.54, 1.807) is 6.92 Å². The van der Waals surface area contributed by atoms with Crippen LogP contribution in [-0.2, 0) is 4.79 Å². The number of amides is 1. The van der Waals surface area contributed by atoms with Crippen molar-refractivity contribution in [2.45, 2.75) is 26.7 Å². The Labute approximate surface area is 99.0 Å². The number of carboxylic acids is 1. The van der Waals surface area contributed by atoms with Gasteiger partial charge >= 0.3 is 5.97 Å². The van der Waals surface area contributed by atoms with Gasteiger partial charge in [0.05, 0.1) is 6.20 Å². The second-order valence-electron chi connectivity index (χ2n) is 3.92. The van der Waals surface area contributed by atoms with Gasteiger partial charge < -0.3 is 14.9 Å². The summed E-state index contributed by atoms with van der Waals surface area (Å²) in [6.45, 7) is 3.93. The summed E-state index contributed by atoms with van der Waals surface area (Å²) in [6, 6.07) is 0. The number of nitrogens with one attached hydrogen (secondary N) is 1. The van der Waals surface area contributed by atoms with E-state index in [0.29, 0.717) is 18.5 Å². The molecule has 1 rings (SSSR count). The second-order valence-corrected chi connectivity index (χ2v) is 3.92. The molecule has 17 heavy (non-hydrogen) atoms. The summed E-state index contributed by atoms with van der Waals surface area (Å²) < 4.78 is 4.79. The fourth-order valence-corrected chi connectivity index (χ4v) is 1.43. The highest BCUT2D eigenvalue weighted by Crippen LogP contribution is 2.09. The van der Waals surface area contributed by atoms with Crippen molar-refractivity contribution in [1.29, 1.82) is 0 Å². The van der Waals surface area contributed by atoms with Gasteiger partial charge in [-0.05, 0) is 12.8 Å². The third-order valence-corrected chi connectivity index (χ3v) is 2.55. The second kappa shape index (κ2) is 6.03. The van der Waals surface area contributed by atoms with Crippen LogP contribution < -0.4 is 5.32 Å². The van der Waals surface area contributed by atoms with Gasteiger partial charge in [0.1, 0.15) is 0 Å². The van der Waals surface area contributed by atoms with E-state index in [2.05, 4.69) is 10.5 Å². The number of hydrogen-bond donors (Lipinski definition) is 2. The highest BCUT2D eigenvalue weighted by atomic mass is 16.5. The normalized spacial score (nSPS) is 12.1. The summed E-state index contributed by atoms with van der Waals surface area (Å²) in [5.41, 5.74) is 0.661. The number of carbonyl (C=O) groups excluding carboxylic acids is 1. The molecule has 0 radical (unpaired) electrons. The molecular formula is C11H16N2O4. The van der Waals surface area contributed by atoms with Crippen molar-refractivity contribution < 1.29 is 19.2 Å². The average molecular weight is 240 g/mol. The number of carboxylic acid groups (broad SMARTS) is 1. The van der Waals surface area contributed by atoms with Crippen LogP contribution in [-0.4, -0.2) is 28.7 Å². The molecule has 0 aliphatic rings. The van der Waals surface area contributed by atoms with Gasteiger partial charge in [-0.3, -0.25) is 9.59 Å². The minimum absolute atomic E-state index is 0.0478. The first-order valence-corrected chi connectivity index (χ1v) is 5.45. The molecule has 0 aromatic carbocycles. The summed E-state index contributed by atoms with van der Waals surface area (Å²) in [5, 5.41) is 14.8. The molecule has 6 heteroatoms. The lowest BCUT2D eigenvalue weighted by Gasteiger charge is -2.12. The van der Waals surface area contributed by atoms with Crippen LogP contribution in [0.15, 0.2) is 10.7 Å². The van der Waals surface area contributed by atoms with Crippen molar-refractivity contribution in [2.75, 3.05) is 6.54 Å². The summed E-state index contributed by atoms with van der Waals surface area (Å²) in [7, 11) is 0. The third-order valence-electron chi connectivity index (χ3n) is 2.55. The zero-order chi connectivity index (χ0) is 12.8. The number of hydrogen-bond acceptors (Lipinski definition) is 4. The van der Waals surface area contributed by atoms with Crippen molar-refractivity contribution in [1.82, 2.24) is 10.5 Å². The Morgan fingerprint density at radius 2 is 2.29 bits per heavy atom. The first-order chi connectivity index (χ1) is 8.04. The van der Waals surface area contributed by atoms with Crippen LogP contribution in [0.4, 0.5) is 0 Å². The fourth-order valence-electron chi connectivity index (χ4n) is 1.43. The molecule has 1 heterocycles. The zero-order valence-corrected chi connectivity index (χ0v) is 9.90. The minimum atomic E-state index is -0.859. The van der Waals surface area contributed by atoms with Crippen LogP contribution in [0.1, 0.15) is 35.9 Å². The van der Waals surface area contributed by atoms with Crippen LogP contribution >= 0.6 is 0 Å². The number of rotatable bonds is 6. The van der Waals surface area contributed by atoms with E-state index in [1.807, 2.05) is 6.92 Å². The lowest BCUT2D eigenvalue weighted by atomic mass is 10.0. The zero-order valence-electron chi connectivity index (χ0n) is 9.90. The molecule has 1 amide bonds. The number of aliphatic carboxylic acids is 1. The van der Waals surface area contributed by atoms with Crippen molar-refractivity contribution >= 4 is 11.9 Å². The van der Waals surface area contributed by atoms with Gasteiger partial charge in [-0.1, -0.05) is 18.5 Å². The molecule has 1 aromatic heterocycles. The summed E-state index contributed by atoms with van der Waals surface area (Å²) >= 11 is 0. The summed E-state index contributed by atoms with van der Waals surface area (Å²) in [6.07, 6.45) is 2.21. The predicted octanol–water partition coefficient (Wildman–Crippen LogP) is 1.21. The van der Waals surface area contributed by atoms with Gasteiger partial charge in [0.2, 0.25) is 5.76 Å². The molecule has 0 saturated carbocycles. The monoisotopic (exact) mass is 240 g/mol. The maximum atomic E-state index is 11.6. The smallest absolute Gasteiger partial charge is 0.303 e. The number of aromatic nitrogens is 1. The van der Waals surface area contributed by atoms with Crippen LogP contribution in [0, 0.1) is 12.8 Å². The fraction of sp³-hybridized carbons (Fsp3) is 0.545. The van der Waals surface area contributed by atoms with Crippen molar-refractivity contribution in [3.8, 4) is 0 Å². The van der Waals surface area contributed by atoms with Crippen molar-refractivity contribution in [3.63, 3.8) is 0 Å². The molecule has 0 fully saturated rings. The number of nitrogens with zero attached hydrogens (tertiary/aromatic N) is 1. The van der Waals surface area contributed by atoms with Gasteiger partial charge in [0, 0.05) is 18.5 Å². The largest absolute Gasteiger partial charge is 0.481 e. The van der Waals surface area contributed by atoms with Gasteiger partial charge in [0.15, 0.2) is 0 Å². The molecule has 1 atom stereocenters. The lowest BCUT2D eigenvalue weighted by molar-refractivity contribution is -0.138. The maximum absolute atomic E-state index is 11.6. The Bertz CT molecular complexity index is 400. The number of aryl methyl sites for hydroxylation is 1. The first kappa shape index (κ1) is 13.2. The van der Waals surface area contributed by atoms with Gasteiger partial charge in [0.25, 0.3) is 5.91 Å². The SMILES string of the molecule is CCC(CNC(=O)c1oncc1C)CC(=O)O. The predicted molar refractivity (Wildman–Crippen MR) is 59.6 cm³/mol. The molecular weight excluding hydrogens is 224 g/mol. The third kappa shape index (κ3) is 3.90. The lowest BCUT2D eigenvalue weighted by Crippen LogP contribution is -2.30. The molecule has 0 aliphatic heterocycles. The quantitative estimate of drug-likeness (QED) is 0.779. The molecule has 1 aromatic rings. The van der Waals surface area contributed by atoms with Crippen molar-refractivity contribution in [2.24, 2.45) is 5.92 Å². The van der Waals surface area contributed by atoms with Crippen LogP contribution in [0.5, 0.6) is 0 Å². The Morgan fingerprint density at radius 3 is 2.76 bits per heavy atom. The van der Waals surface area contributed by atoms with E-state index in [9.17, 15) is 9.59 Å². The van der Waals surface area contributed by atoms with E-state index >= 15 is 0 Å². The van der Waals surface area contributed by atoms with Crippen LogP contribution in [0.25, 0.3) is 0 Å². The molecule has 0 bridgehead atoms. The number of carbonyl (C=O) groups is 2. The van der Waals surface area contributed by atoms with E-state index in [-0.39, 0.29) is 24.0 Å². The Kier molecular flexibility index (Phi) is 4.68. The van der Waals surface area contributed by atoms with E-state index < -0.39 is 5.97 Å². The van der Waals surface area contributed by atoms with Crippen LogP contribution in [0.3, 0.4) is 0 Å². The van der Waals surface area contributed by atoms with Crippen LogP contribution in [0.2, 0.25) is 0 Å². The minimum Gasteiger partial charge on any atom is -0.481 e. The summed E-state index contributed by atoms with van der Waals surface area (Å²) in [5.74, 6) is -1.11. The topological polar surface area (TPSA) is 92.4 Å². The average Bonchev–Trinajstić information content (AvgIpc) is 2.69. The molecule has 0 spiro atoms. The van der Waals surface area contributed by atoms with Gasteiger partial charge in [-0.25, -0.2) is 0 Å². The first-order valence-electron chi connectivity index (χ1n) is 5.45. The molecule has 0 aliphatic carbocycles. The van der Waals surface area contributed by atoms with Gasteiger partial charge in [-0.15, -0.1) is 0 Å². The molecule has 0 saturated heterocycles. The Balaban J connectivity index is 2.47. The molecule has 1 unspecified atom stereocenters. The van der Waals surface area contributed by atoms with E-state index in [1.165, 1.54) is 6.20 Å². The van der Waals surface area contributed by atoms with E-state index in [4.69, 9.17) is 9.63 Å². The highest BCUT2D eigenvalue weighted by Gasteiger charge is 2.17. The molecule has 94 valence electrons. The van der Waals surface area contributed by atoms with E-state index in [0.717, 1.165) is 0 Å². The molecule has 2 N–H and O–H groups in total. The summed E-state index contributed by atoms with van der Waals surface area (Å²) in [4.78, 5) is 22.2. The Morgan fingerprint density at radius 1 is 1.59 bits per heavy atom. The van der Waals surface area contributed by atoms with Crippen molar-refractivity contribution in [3.05, 3.63) is 17.5 Å².